The van der Waals surface area contributed by atoms with Gasteiger partial charge in [-0.05, 0) is 18.3 Å². The first-order valence-electron chi connectivity index (χ1n) is 8.62. The van der Waals surface area contributed by atoms with Crippen LogP contribution >= 0.6 is 24.0 Å². The second-order valence-electron chi connectivity index (χ2n) is 6.40. The van der Waals surface area contributed by atoms with Crippen molar-refractivity contribution < 1.29 is 0 Å². The molecular weight excluding hydrogens is 401 g/mol. The SMILES string of the molecule is CCC(CC)CNC(=NC)N1CCC(C)C(n2ccnc2)C1.I. The van der Waals surface area contributed by atoms with Crippen LogP contribution in [0, 0.1) is 11.8 Å². The van der Waals surface area contributed by atoms with Crippen LogP contribution in [-0.2, 0) is 0 Å². The molecule has 1 fully saturated rings. The van der Waals surface area contributed by atoms with Crippen LogP contribution in [-0.4, -0.2) is 47.1 Å². The lowest BCUT2D eigenvalue weighted by Gasteiger charge is -2.39. The fourth-order valence-corrected chi connectivity index (χ4v) is 3.24. The summed E-state index contributed by atoms with van der Waals surface area (Å²) in [5.41, 5.74) is 0. The van der Waals surface area contributed by atoms with Crippen molar-refractivity contribution >= 4 is 29.9 Å². The fourth-order valence-electron chi connectivity index (χ4n) is 3.24. The Labute approximate surface area is 158 Å². The maximum atomic E-state index is 4.50. The van der Waals surface area contributed by atoms with E-state index >= 15 is 0 Å². The molecule has 5 nitrogen and oxygen atoms in total. The van der Waals surface area contributed by atoms with E-state index in [0.29, 0.717) is 12.0 Å². The monoisotopic (exact) mass is 433 g/mol. The van der Waals surface area contributed by atoms with Gasteiger partial charge in [-0.1, -0.05) is 33.6 Å². The molecule has 1 aromatic heterocycles. The number of nitrogens with zero attached hydrogens (tertiary/aromatic N) is 4. The number of likely N-dealkylation sites (tertiary alicyclic amines) is 1. The molecular formula is C17H32IN5. The Morgan fingerprint density at radius 3 is 2.70 bits per heavy atom. The molecule has 0 aliphatic carbocycles. The van der Waals surface area contributed by atoms with E-state index in [1.807, 2.05) is 19.6 Å². The molecule has 2 heterocycles. The standard InChI is InChI=1S/C17H31N5.HI/c1-5-15(6-2)11-20-17(18-4)21-9-7-14(3)16(12-21)22-10-8-19-13-22;/h8,10,13-16H,5-7,9,11-12H2,1-4H3,(H,18,20);1H. The van der Waals surface area contributed by atoms with E-state index in [-0.39, 0.29) is 24.0 Å². The number of aliphatic imine (C=N–C) groups is 1. The predicted molar refractivity (Wildman–Crippen MR) is 107 cm³/mol. The zero-order valence-corrected chi connectivity index (χ0v) is 17.2. The molecule has 1 saturated heterocycles. The van der Waals surface area contributed by atoms with Crippen molar-refractivity contribution in [2.75, 3.05) is 26.7 Å². The van der Waals surface area contributed by atoms with E-state index in [1.165, 1.54) is 19.3 Å². The molecule has 0 bridgehead atoms. The lowest BCUT2D eigenvalue weighted by atomic mass is 9.93. The van der Waals surface area contributed by atoms with Gasteiger partial charge in [0.25, 0.3) is 0 Å². The van der Waals surface area contributed by atoms with Crippen LogP contribution in [0.25, 0.3) is 0 Å². The molecule has 1 aromatic rings. The molecule has 2 atom stereocenters. The largest absolute Gasteiger partial charge is 0.356 e. The number of hydrogen-bond acceptors (Lipinski definition) is 2. The lowest BCUT2D eigenvalue weighted by molar-refractivity contribution is 0.188. The van der Waals surface area contributed by atoms with Gasteiger partial charge in [-0.15, -0.1) is 24.0 Å². The van der Waals surface area contributed by atoms with Gasteiger partial charge in [-0.2, -0.15) is 0 Å². The first-order chi connectivity index (χ1) is 10.7. The average Bonchev–Trinajstić information content (AvgIpc) is 3.07. The van der Waals surface area contributed by atoms with E-state index in [4.69, 9.17) is 0 Å². The van der Waals surface area contributed by atoms with Crippen molar-refractivity contribution in [3.05, 3.63) is 18.7 Å². The van der Waals surface area contributed by atoms with Crippen molar-refractivity contribution in [1.82, 2.24) is 19.8 Å². The lowest BCUT2D eigenvalue weighted by Crippen LogP contribution is -2.49. The summed E-state index contributed by atoms with van der Waals surface area (Å²) in [6.07, 6.45) is 9.50. The van der Waals surface area contributed by atoms with Crippen molar-refractivity contribution in [2.45, 2.75) is 46.1 Å². The molecule has 132 valence electrons. The van der Waals surface area contributed by atoms with E-state index in [1.54, 1.807) is 0 Å². The van der Waals surface area contributed by atoms with Gasteiger partial charge in [0.15, 0.2) is 5.96 Å². The normalized spacial score (nSPS) is 22.1. The fraction of sp³-hybridized carbons (Fsp3) is 0.765. The van der Waals surface area contributed by atoms with Crippen LogP contribution in [0.3, 0.4) is 0 Å². The zero-order valence-electron chi connectivity index (χ0n) is 14.9. The number of piperidine rings is 1. The molecule has 0 spiro atoms. The Morgan fingerprint density at radius 1 is 1.39 bits per heavy atom. The maximum Gasteiger partial charge on any atom is 0.193 e. The molecule has 6 heteroatoms. The maximum absolute atomic E-state index is 4.50. The highest BCUT2D eigenvalue weighted by Gasteiger charge is 2.28. The molecule has 2 rings (SSSR count). The number of hydrogen-bond donors (Lipinski definition) is 1. The molecule has 23 heavy (non-hydrogen) atoms. The summed E-state index contributed by atoms with van der Waals surface area (Å²) in [4.78, 5) is 11.1. The van der Waals surface area contributed by atoms with Crippen LogP contribution in [0.15, 0.2) is 23.7 Å². The summed E-state index contributed by atoms with van der Waals surface area (Å²) < 4.78 is 2.24. The molecule has 1 aliphatic heterocycles. The van der Waals surface area contributed by atoms with E-state index < -0.39 is 0 Å². The minimum absolute atomic E-state index is 0. The number of rotatable bonds is 5. The van der Waals surface area contributed by atoms with Gasteiger partial charge < -0.3 is 14.8 Å². The first kappa shape index (κ1) is 20.3. The number of guanidine groups is 1. The Hall–Kier alpha value is -0.790. The number of aromatic nitrogens is 2. The van der Waals surface area contributed by atoms with Gasteiger partial charge >= 0.3 is 0 Å². The first-order valence-corrected chi connectivity index (χ1v) is 8.62. The second-order valence-corrected chi connectivity index (χ2v) is 6.40. The molecule has 1 aliphatic rings. The smallest absolute Gasteiger partial charge is 0.193 e. The average molecular weight is 433 g/mol. The molecule has 0 radical (unpaired) electrons. The van der Waals surface area contributed by atoms with Crippen molar-refractivity contribution in [3.63, 3.8) is 0 Å². The third-order valence-corrected chi connectivity index (χ3v) is 5.04. The Kier molecular flexibility index (Phi) is 8.94. The summed E-state index contributed by atoms with van der Waals surface area (Å²) in [6.45, 7) is 9.95. The van der Waals surface area contributed by atoms with E-state index in [9.17, 15) is 0 Å². The second kappa shape index (κ2) is 10.2. The van der Waals surface area contributed by atoms with Gasteiger partial charge in [0.05, 0.1) is 12.4 Å². The Bertz CT molecular complexity index is 456. The van der Waals surface area contributed by atoms with Crippen molar-refractivity contribution in [2.24, 2.45) is 16.8 Å². The third-order valence-electron chi connectivity index (χ3n) is 5.04. The van der Waals surface area contributed by atoms with Gasteiger partial charge in [0.1, 0.15) is 0 Å². The number of nitrogens with one attached hydrogen (secondary N) is 1. The van der Waals surface area contributed by atoms with Crippen LogP contribution in [0.1, 0.15) is 46.1 Å². The van der Waals surface area contributed by atoms with Gasteiger partial charge in [-0.3, -0.25) is 4.99 Å². The summed E-state index contributed by atoms with van der Waals surface area (Å²) in [6, 6.07) is 0.475. The third kappa shape index (κ3) is 5.36. The summed E-state index contributed by atoms with van der Waals surface area (Å²) >= 11 is 0. The Morgan fingerprint density at radius 2 is 2.13 bits per heavy atom. The zero-order chi connectivity index (χ0) is 15.9. The van der Waals surface area contributed by atoms with Gasteiger partial charge in [0, 0.05) is 39.1 Å². The van der Waals surface area contributed by atoms with Gasteiger partial charge in [0.2, 0.25) is 0 Å². The minimum atomic E-state index is 0. The summed E-state index contributed by atoms with van der Waals surface area (Å²) in [5, 5.41) is 3.57. The molecule has 2 unspecified atom stereocenters. The molecule has 0 aromatic carbocycles. The van der Waals surface area contributed by atoms with Gasteiger partial charge in [-0.25, -0.2) is 4.98 Å². The van der Waals surface area contributed by atoms with Crippen molar-refractivity contribution in [1.29, 1.82) is 0 Å². The van der Waals surface area contributed by atoms with Crippen LogP contribution in [0.2, 0.25) is 0 Å². The topological polar surface area (TPSA) is 45.5 Å². The number of halogens is 1. The van der Waals surface area contributed by atoms with E-state index in [0.717, 1.165) is 31.5 Å². The molecule has 0 saturated carbocycles. The van der Waals surface area contributed by atoms with E-state index in [2.05, 4.69) is 51.7 Å². The highest BCUT2D eigenvalue weighted by atomic mass is 127. The minimum Gasteiger partial charge on any atom is -0.356 e. The molecule has 1 N–H and O–H groups in total. The molecule has 0 amide bonds. The quantitative estimate of drug-likeness (QED) is 0.440. The highest BCUT2D eigenvalue weighted by molar-refractivity contribution is 14.0. The predicted octanol–water partition coefficient (Wildman–Crippen LogP) is 3.40. The summed E-state index contributed by atoms with van der Waals surface area (Å²) in [5.74, 6) is 2.44. The van der Waals surface area contributed by atoms with Crippen LogP contribution < -0.4 is 5.32 Å². The van der Waals surface area contributed by atoms with Crippen molar-refractivity contribution in [3.8, 4) is 0 Å². The van der Waals surface area contributed by atoms with Crippen LogP contribution in [0.5, 0.6) is 0 Å². The highest BCUT2D eigenvalue weighted by Crippen LogP contribution is 2.27. The number of imidazole rings is 1. The van der Waals surface area contributed by atoms with Crippen LogP contribution in [0.4, 0.5) is 0 Å². The summed E-state index contributed by atoms with van der Waals surface area (Å²) in [7, 11) is 1.89. The Balaban J connectivity index is 0.00000264.